The number of benzene rings is 1. The Balaban J connectivity index is 1.48. The van der Waals surface area contributed by atoms with E-state index in [9.17, 15) is 9.59 Å². The zero-order valence-corrected chi connectivity index (χ0v) is 19.1. The number of carbonyl (C=O) groups excluding carboxylic acids is 2. The maximum absolute atomic E-state index is 12.6. The molecule has 1 aromatic carbocycles. The van der Waals surface area contributed by atoms with Crippen molar-refractivity contribution in [2.45, 2.75) is 39.7 Å². The molecule has 0 aliphatic rings. The minimum absolute atomic E-state index is 0.0333. The topological polar surface area (TPSA) is 96.5 Å². The second kappa shape index (κ2) is 11.1. The van der Waals surface area contributed by atoms with Crippen LogP contribution in [0.5, 0.6) is 0 Å². The molecule has 0 atom stereocenters. The lowest BCUT2D eigenvalue weighted by Gasteiger charge is -2.09. The summed E-state index contributed by atoms with van der Waals surface area (Å²) in [6, 6.07) is 8.86. The van der Waals surface area contributed by atoms with Crippen LogP contribution in [0.25, 0.3) is 11.4 Å². The number of hydrogen-bond acceptors (Lipinski definition) is 7. The van der Waals surface area contributed by atoms with Crippen molar-refractivity contribution in [2.24, 2.45) is 0 Å². The standard InChI is InChI=1S/C23H26ClN3O5/c1-15-13-19(16(2)27(15)11-4-12-30-3)20(28)14-31-22(29)10-9-21-25-23(26-32-21)17-5-7-18(24)8-6-17/h5-8,13H,4,9-12,14H2,1-3H3. The van der Waals surface area contributed by atoms with E-state index in [0.717, 1.165) is 29.9 Å². The zero-order valence-electron chi connectivity index (χ0n) is 18.4. The lowest BCUT2D eigenvalue weighted by molar-refractivity contribution is -0.142. The molecule has 0 aliphatic carbocycles. The van der Waals surface area contributed by atoms with Crippen molar-refractivity contribution >= 4 is 23.4 Å². The molecule has 32 heavy (non-hydrogen) atoms. The van der Waals surface area contributed by atoms with Crippen LogP contribution in [-0.4, -0.2) is 46.8 Å². The predicted octanol–water partition coefficient (Wildman–Crippen LogP) is 4.20. The lowest BCUT2D eigenvalue weighted by atomic mass is 10.1. The van der Waals surface area contributed by atoms with Crippen LogP contribution in [0, 0.1) is 13.8 Å². The number of ketones is 1. The molecule has 0 spiro atoms. The van der Waals surface area contributed by atoms with Gasteiger partial charge in [-0.1, -0.05) is 16.8 Å². The number of Topliss-reactive ketones (excluding diaryl/α,β-unsaturated/α-hetero) is 1. The van der Waals surface area contributed by atoms with Gasteiger partial charge in [0.1, 0.15) is 0 Å². The van der Waals surface area contributed by atoms with Gasteiger partial charge in [-0.2, -0.15) is 4.98 Å². The molecule has 3 rings (SSSR count). The van der Waals surface area contributed by atoms with E-state index >= 15 is 0 Å². The number of aromatic nitrogens is 3. The number of nitrogens with zero attached hydrogens (tertiary/aromatic N) is 3. The second-order valence-corrected chi connectivity index (χ2v) is 7.82. The molecule has 9 heteroatoms. The Hall–Kier alpha value is -2.97. The number of esters is 1. The van der Waals surface area contributed by atoms with Crippen molar-refractivity contribution in [1.29, 1.82) is 0 Å². The summed E-state index contributed by atoms with van der Waals surface area (Å²) in [5.41, 5.74) is 3.18. The quantitative estimate of drug-likeness (QED) is 0.241. The summed E-state index contributed by atoms with van der Waals surface area (Å²) in [5, 5.41) is 4.52. The van der Waals surface area contributed by atoms with E-state index < -0.39 is 5.97 Å². The lowest BCUT2D eigenvalue weighted by Crippen LogP contribution is -2.15. The third-order valence-electron chi connectivity index (χ3n) is 5.08. The van der Waals surface area contributed by atoms with Crippen LogP contribution < -0.4 is 0 Å². The molecule has 2 aromatic heterocycles. The molecule has 0 N–H and O–H groups in total. The Bertz CT molecular complexity index is 1070. The smallest absolute Gasteiger partial charge is 0.306 e. The van der Waals surface area contributed by atoms with Crippen LogP contribution >= 0.6 is 11.6 Å². The number of rotatable bonds is 11. The fourth-order valence-electron chi connectivity index (χ4n) is 3.37. The molecular weight excluding hydrogens is 434 g/mol. The Morgan fingerprint density at radius 2 is 1.94 bits per heavy atom. The predicted molar refractivity (Wildman–Crippen MR) is 119 cm³/mol. The van der Waals surface area contributed by atoms with Gasteiger partial charge in [-0.3, -0.25) is 9.59 Å². The summed E-state index contributed by atoms with van der Waals surface area (Å²) < 4.78 is 17.5. The molecule has 0 saturated heterocycles. The molecule has 8 nitrogen and oxygen atoms in total. The minimum atomic E-state index is -0.501. The Kier molecular flexibility index (Phi) is 8.19. The van der Waals surface area contributed by atoms with Gasteiger partial charge in [0.2, 0.25) is 17.5 Å². The van der Waals surface area contributed by atoms with Crippen molar-refractivity contribution in [3.8, 4) is 11.4 Å². The van der Waals surface area contributed by atoms with Crippen LogP contribution in [0.2, 0.25) is 5.02 Å². The molecule has 3 aromatic rings. The highest BCUT2D eigenvalue weighted by atomic mass is 35.5. The number of halogens is 1. The first-order valence-corrected chi connectivity index (χ1v) is 10.7. The van der Waals surface area contributed by atoms with Gasteiger partial charge in [0.15, 0.2) is 6.61 Å². The highest BCUT2D eigenvalue weighted by Crippen LogP contribution is 2.19. The molecule has 0 saturated carbocycles. The third kappa shape index (κ3) is 6.05. The van der Waals surface area contributed by atoms with Gasteiger partial charge in [0.05, 0.1) is 6.42 Å². The molecule has 0 radical (unpaired) electrons. The summed E-state index contributed by atoms with van der Waals surface area (Å²) in [6.07, 6.45) is 1.11. The number of ether oxygens (including phenoxy) is 2. The highest BCUT2D eigenvalue weighted by molar-refractivity contribution is 6.30. The summed E-state index contributed by atoms with van der Waals surface area (Å²) in [6.45, 7) is 4.95. The van der Waals surface area contributed by atoms with Crippen molar-refractivity contribution < 1.29 is 23.6 Å². The molecular formula is C23H26ClN3O5. The van der Waals surface area contributed by atoms with Crippen LogP contribution in [0.1, 0.15) is 40.5 Å². The Morgan fingerprint density at radius 1 is 1.19 bits per heavy atom. The molecule has 0 aliphatic heterocycles. The van der Waals surface area contributed by atoms with Gasteiger partial charge in [-0.15, -0.1) is 0 Å². The fraction of sp³-hybridized carbons (Fsp3) is 0.391. The largest absolute Gasteiger partial charge is 0.457 e. The van der Waals surface area contributed by atoms with Gasteiger partial charge in [-0.05, 0) is 50.6 Å². The van der Waals surface area contributed by atoms with E-state index in [4.69, 9.17) is 25.6 Å². The van der Waals surface area contributed by atoms with Crippen molar-refractivity contribution in [1.82, 2.24) is 14.7 Å². The van der Waals surface area contributed by atoms with E-state index in [-0.39, 0.29) is 25.2 Å². The highest BCUT2D eigenvalue weighted by Gasteiger charge is 2.18. The number of methoxy groups -OCH3 is 1. The van der Waals surface area contributed by atoms with Crippen molar-refractivity contribution in [3.05, 3.63) is 58.2 Å². The third-order valence-corrected chi connectivity index (χ3v) is 5.33. The van der Waals surface area contributed by atoms with E-state index in [2.05, 4.69) is 14.7 Å². The molecule has 0 bridgehead atoms. The molecule has 2 heterocycles. The zero-order chi connectivity index (χ0) is 23.1. The van der Waals surface area contributed by atoms with Crippen molar-refractivity contribution in [2.75, 3.05) is 20.3 Å². The van der Waals surface area contributed by atoms with Gasteiger partial charge in [0.25, 0.3) is 0 Å². The number of hydrogen-bond donors (Lipinski definition) is 0. The first kappa shape index (κ1) is 23.7. The van der Waals surface area contributed by atoms with Gasteiger partial charge >= 0.3 is 5.97 Å². The van der Waals surface area contributed by atoms with Crippen LogP contribution in [0.4, 0.5) is 0 Å². The van der Waals surface area contributed by atoms with Crippen LogP contribution in [-0.2, 0) is 27.2 Å². The van der Waals surface area contributed by atoms with Gasteiger partial charge in [-0.25, -0.2) is 0 Å². The first-order valence-electron chi connectivity index (χ1n) is 10.3. The van der Waals surface area contributed by atoms with Crippen molar-refractivity contribution in [3.63, 3.8) is 0 Å². The summed E-state index contributed by atoms with van der Waals surface area (Å²) >= 11 is 5.88. The monoisotopic (exact) mass is 459 g/mol. The van der Waals surface area contributed by atoms with Crippen LogP contribution in [0.15, 0.2) is 34.9 Å². The average molecular weight is 460 g/mol. The summed E-state index contributed by atoms with van der Waals surface area (Å²) in [4.78, 5) is 28.9. The Morgan fingerprint density at radius 3 is 2.66 bits per heavy atom. The number of carbonyl (C=O) groups is 2. The summed E-state index contributed by atoms with van der Waals surface area (Å²) in [7, 11) is 1.66. The SMILES string of the molecule is COCCCn1c(C)cc(C(=O)COC(=O)CCc2nc(-c3ccc(Cl)cc3)no2)c1C. The number of aryl methyl sites for hydroxylation is 2. The first-order chi connectivity index (χ1) is 15.4. The fourth-order valence-corrected chi connectivity index (χ4v) is 3.50. The van der Waals surface area contributed by atoms with E-state index in [1.807, 2.05) is 19.9 Å². The second-order valence-electron chi connectivity index (χ2n) is 7.39. The van der Waals surface area contributed by atoms with E-state index in [1.54, 1.807) is 31.4 Å². The van der Waals surface area contributed by atoms with Gasteiger partial charge in [0, 0.05) is 54.2 Å². The van der Waals surface area contributed by atoms with E-state index in [1.165, 1.54) is 0 Å². The normalized spacial score (nSPS) is 11.0. The summed E-state index contributed by atoms with van der Waals surface area (Å²) in [5.74, 6) is 0.00431. The molecule has 0 fully saturated rings. The molecule has 170 valence electrons. The Labute approximate surface area is 191 Å². The maximum Gasteiger partial charge on any atom is 0.306 e. The molecule has 0 amide bonds. The van der Waals surface area contributed by atoms with E-state index in [0.29, 0.717) is 28.9 Å². The average Bonchev–Trinajstić information content (AvgIpc) is 3.36. The minimum Gasteiger partial charge on any atom is -0.457 e. The van der Waals surface area contributed by atoms with Gasteiger partial charge < -0.3 is 18.6 Å². The maximum atomic E-state index is 12.6. The molecule has 0 unspecified atom stereocenters. The van der Waals surface area contributed by atoms with Crippen LogP contribution in [0.3, 0.4) is 0 Å².